The van der Waals surface area contributed by atoms with Gasteiger partial charge in [-0.2, -0.15) is 0 Å². The maximum atomic E-state index is 6.10. The quantitative estimate of drug-likeness (QED) is 0.615. The monoisotopic (exact) mass is 376 g/mol. The summed E-state index contributed by atoms with van der Waals surface area (Å²) >= 11 is 6.10. The number of benzene rings is 1. The molecule has 1 aliphatic carbocycles. The van der Waals surface area contributed by atoms with Crippen LogP contribution in [0.5, 0.6) is 0 Å². The van der Waals surface area contributed by atoms with Gasteiger partial charge >= 0.3 is 0 Å². The third-order valence-electron chi connectivity index (χ3n) is 6.33. The van der Waals surface area contributed by atoms with Crippen LogP contribution in [0, 0.1) is 11.3 Å². The molecule has 3 heteroatoms. The molecule has 3 rings (SSSR count). The third-order valence-corrected chi connectivity index (χ3v) is 6.58. The summed E-state index contributed by atoms with van der Waals surface area (Å²) in [5.41, 5.74) is 1.86. The normalized spacial score (nSPS) is 27.0. The second kappa shape index (κ2) is 9.08. The number of hydrogen-bond acceptors (Lipinski definition) is 2. The summed E-state index contributed by atoms with van der Waals surface area (Å²) in [7, 11) is 0. The van der Waals surface area contributed by atoms with Crippen LogP contribution in [0.1, 0.15) is 64.9 Å². The summed E-state index contributed by atoms with van der Waals surface area (Å²) in [4.78, 5) is 5.45. The van der Waals surface area contributed by atoms with E-state index >= 15 is 0 Å². The molecule has 2 nitrogen and oxygen atoms in total. The Hall–Kier alpha value is -0.570. The van der Waals surface area contributed by atoms with Crippen molar-refractivity contribution in [1.29, 1.82) is 0 Å². The molecule has 2 aliphatic rings. The molecule has 0 N–H and O–H groups in total. The molecule has 0 bridgehead atoms. The lowest BCUT2D eigenvalue weighted by atomic mass is 9.70. The highest BCUT2D eigenvalue weighted by molar-refractivity contribution is 6.30. The first-order valence-corrected chi connectivity index (χ1v) is 11.0. The van der Waals surface area contributed by atoms with Gasteiger partial charge in [-0.05, 0) is 74.2 Å². The van der Waals surface area contributed by atoms with Gasteiger partial charge in [-0.1, -0.05) is 50.9 Å². The number of nitrogens with zero attached hydrogens (tertiary/aromatic N) is 2. The van der Waals surface area contributed by atoms with E-state index in [0.717, 1.165) is 17.5 Å². The molecule has 0 amide bonds. The predicted molar refractivity (Wildman–Crippen MR) is 113 cm³/mol. The van der Waals surface area contributed by atoms with E-state index in [-0.39, 0.29) is 0 Å². The molecule has 0 radical (unpaired) electrons. The Labute approximate surface area is 165 Å². The fourth-order valence-corrected chi connectivity index (χ4v) is 5.37. The van der Waals surface area contributed by atoms with E-state index in [4.69, 9.17) is 11.6 Å². The molecule has 0 aromatic heterocycles. The van der Waals surface area contributed by atoms with Gasteiger partial charge in [-0.3, -0.25) is 4.90 Å². The Kier molecular flexibility index (Phi) is 7.05. The van der Waals surface area contributed by atoms with Crippen molar-refractivity contribution in [3.8, 4) is 0 Å². The zero-order valence-electron chi connectivity index (χ0n) is 17.0. The van der Waals surface area contributed by atoms with Gasteiger partial charge in [0.05, 0.1) is 0 Å². The summed E-state index contributed by atoms with van der Waals surface area (Å²) in [6, 6.07) is 9.18. The van der Waals surface area contributed by atoms with E-state index < -0.39 is 0 Å². The highest BCUT2D eigenvalue weighted by atomic mass is 35.5. The molecular formula is C23H37ClN2. The molecule has 1 heterocycles. The molecule has 1 saturated carbocycles. The van der Waals surface area contributed by atoms with Crippen LogP contribution < -0.4 is 0 Å². The van der Waals surface area contributed by atoms with Crippen molar-refractivity contribution < 1.29 is 0 Å². The molecule has 1 aliphatic heterocycles. The van der Waals surface area contributed by atoms with Crippen LogP contribution in [0.15, 0.2) is 24.3 Å². The molecule has 1 aromatic rings. The van der Waals surface area contributed by atoms with Crippen molar-refractivity contribution in [2.24, 2.45) is 11.3 Å². The molecule has 2 unspecified atom stereocenters. The Morgan fingerprint density at radius 1 is 1.08 bits per heavy atom. The highest BCUT2D eigenvalue weighted by Crippen LogP contribution is 2.40. The van der Waals surface area contributed by atoms with Crippen LogP contribution in [-0.2, 0) is 6.54 Å². The summed E-state index contributed by atoms with van der Waals surface area (Å²) < 4.78 is 0. The second-order valence-electron chi connectivity index (χ2n) is 9.57. The van der Waals surface area contributed by atoms with Gasteiger partial charge in [0.2, 0.25) is 0 Å². The molecule has 1 aromatic carbocycles. The van der Waals surface area contributed by atoms with E-state index in [0.29, 0.717) is 11.5 Å². The number of likely N-dealkylation sites (tertiary alicyclic amines) is 1. The van der Waals surface area contributed by atoms with E-state index in [9.17, 15) is 0 Å². The van der Waals surface area contributed by atoms with Crippen molar-refractivity contribution in [3.05, 3.63) is 34.9 Å². The van der Waals surface area contributed by atoms with Gasteiger partial charge in [0.1, 0.15) is 0 Å². The minimum Gasteiger partial charge on any atom is -0.302 e. The summed E-state index contributed by atoms with van der Waals surface area (Å²) in [6.07, 6.45) is 8.21. The Morgan fingerprint density at radius 3 is 2.42 bits per heavy atom. The van der Waals surface area contributed by atoms with Crippen LogP contribution in [0.25, 0.3) is 0 Å². The lowest BCUT2D eigenvalue weighted by Crippen LogP contribution is -2.46. The Bertz CT molecular complexity index is 548. The van der Waals surface area contributed by atoms with Crippen molar-refractivity contribution in [3.63, 3.8) is 0 Å². The zero-order valence-corrected chi connectivity index (χ0v) is 17.8. The number of halogens is 1. The van der Waals surface area contributed by atoms with Crippen LogP contribution in [0.4, 0.5) is 0 Å². The number of hydrogen-bond donors (Lipinski definition) is 0. The summed E-state index contributed by atoms with van der Waals surface area (Å²) in [5, 5.41) is 0.834. The van der Waals surface area contributed by atoms with Crippen LogP contribution in [0.3, 0.4) is 0 Å². The average Bonchev–Trinajstić information content (AvgIpc) is 2.59. The first-order valence-electron chi connectivity index (χ1n) is 10.6. The highest BCUT2D eigenvalue weighted by Gasteiger charge is 2.35. The van der Waals surface area contributed by atoms with Crippen LogP contribution in [-0.4, -0.2) is 42.0 Å². The van der Waals surface area contributed by atoms with Crippen molar-refractivity contribution in [2.45, 2.75) is 71.9 Å². The molecule has 1 saturated heterocycles. The lowest BCUT2D eigenvalue weighted by molar-refractivity contribution is 0.0529. The zero-order chi connectivity index (χ0) is 18.6. The predicted octanol–water partition coefficient (Wildman–Crippen LogP) is 5.84. The largest absolute Gasteiger partial charge is 0.302 e. The summed E-state index contributed by atoms with van der Waals surface area (Å²) in [5.74, 6) is 0.825. The standard InChI is InChI=1S/C23H37ClN2/c1-19-15-22(17-23(2,3)16-19)26(14-13-25-11-5-4-6-12-25)18-20-7-9-21(24)10-8-20/h7-10,19,22H,4-6,11-18H2,1-3H3. The molecule has 146 valence electrons. The average molecular weight is 377 g/mol. The molecule has 26 heavy (non-hydrogen) atoms. The van der Waals surface area contributed by atoms with Crippen molar-refractivity contribution in [1.82, 2.24) is 9.80 Å². The van der Waals surface area contributed by atoms with Gasteiger partial charge in [0, 0.05) is 30.7 Å². The fourth-order valence-electron chi connectivity index (χ4n) is 5.24. The van der Waals surface area contributed by atoms with E-state index in [2.05, 4.69) is 42.7 Å². The van der Waals surface area contributed by atoms with Crippen molar-refractivity contribution in [2.75, 3.05) is 26.2 Å². The van der Waals surface area contributed by atoms with Crippen LogP contribution >= 0.6 is 11.6 Å². The summed E-state index contributed by atoms with van der Waals surface area (Å²) in [6.45, 7) is 13.4. The number of rotatable bonds is 6. The van der Waals surface area contributed by atoms with Gasteiger partial charge in [-0.15, -0.1) is 0 Å². The maximum absolute atomic E-state index is 6.10. The van der Waals surface area contributed by atoms with Gasteiger partial charge in [0.25, 0.3) is 0 Å². The van der Waals surface area contributed by atoms with E-state index in [1.54, 1.807) is 0 Å². The SMILES string of the molecule is CC1CC(N(CCN2CCCCC2)Cc2ccc(Cl)cc2)CC(C)(C)C1. The molecule has 0 spiro atoms. The van der Waals surface area contributed by atoms with Crippen LogP contribution in [0.2, 0.25) is 5.02 Å². The lowest BCUT2D eigenvalue weighted by Gasteiger charge is -2.44. The van der Waals surface area contributed by atoms with Gasteiger partial charge < -0.3 is 4.90 Å². The minimum atomic E-state index is 0.464. The third kappa shape index (κ3) is 5.97. The van der Waals surface area contributed by atoms with E-state index in [1.165, 1.54) is 70.3 Å². The fraction of sp³-hybridized carbons (Fsp3) is 0.739. The second-order valence-corrected chi connectivity index (χ2v) is 10.0. The molecular weight excluding hydrogens is 340 g/mol. The first-order chi connectivity index (χ1) is 12.4. The maximum Gasteiger partial charge on any atom is 0.0406 e. The molecule has 2 fully saturated rings. The smallest absolute Gasteiger partial charge is 0.0406 e. The van der Waals surface area contributed by atoms with Gasteiger partial charge in [0.15, 0.2) is 0 Å². The Morgan fingerprint density at radius 2 is 1.77 bits per heavy atom. The van der Waals surface area contributed by atoms with Gasteiger partial charge in [-0.25, -0.2) is 0 Å². The molecule has 2 atom stereocenters. The van der Waals surface area contributed by atoms with Crippen molar-refractivity contribution >= 4 is 11.6 Å². The van der Waals surface area contributed by atoms with E-state index in [1.807, 2.05) is 12.1 Å². The number of piperidine rings is 1. The minimum absolute atomic E-state index is 0.464. The topological polar surface area (TPSA) is 6.48 Å². The Balaban J connectivity index is 1.68. The first kappa shape index (κ1) is 20.2.